The Balaban J connectivity index is 2.30. The maximum atomic E-state index is 12.4. The van der Waals surface area contributed by atoms with E-state index in [0.717, 1.165) is 0 Å². The van der Waals surface area contributed by atoms with Gasteiger partial charge in [0.2, 0.25) is 0 Å². The van der Waals surface area contributed by atoms with E-state index >= 15 is 0 Å². The fraction of sp³-hybridized carbons (Fsp3) is 0.176. The summed E-state index contributed by atoms with van der Waals surface area (Å²) in [5.41, 5.74) is 0.971. The Kier molecular flexibility index (Phi) is 6.05. The molecule has 0 fully saturated rings. The summed E-state index contributed by atoms with van der Waals surface area (Å²) in [5, 5.41) is 1.30. The first kappa shape index (κ1) is 17.8. The van der Waals surface area contributed by atoms with Crippen molar-refractivity contribution in [3.05, 3.63) is 68.7 Å². The van der Waals surface area contributed by atoms with Gasteiger partial charge in [0.05, 0.1) is 13.0 Å². The van der Waals surface area contributed by atoms with Crippen molar-refractivity contribution in [2.45, 2.75) is 12.3 Å². The van der Waals surface area contributed by atoms with Gasteiger partial charge >= 0.3 is 5.97 Å². The van der Waals surface area contributed by atoms with E-state index in [1.165, 1.54) is 13.2 Å². The van der Waals surface area contributed by atoms with Crippen LogP contribution in [0.15, 0.2) is 42.5 Å². The molecule has 0 aliphatic carbocycles. The van der Waals surface area contributed by atoms with Gasteiger partial charge in [-0.2, -0.15) is 0 Å². The number of halogens is 3. The normalized spacial score (nSPS) is 11.8. The van der Waals surface area contributed by atoms with Crippen LogP contribution in [-0.4, -0.2) is 18.9 Å². The van der Waals surface area contributed by atoms with Gasteiger partial charge in [-0.25, -0.2) is 0 Å². The zero-order valence-corrected chi connectivity index (χ0v) is 14.5. The Morgan fingerprint density at radius 1 is 1.00 bits per heavy atom. The zero-order chi connectivity index (χ0) is 17.0. The fourth-order valence-corrected chi connectivity index (χ4v) is 2.85. The molecule has 0 spiro atoms. The van der Waals surface area contributed by atoms with Gasteiger partial charge in [-0.15, -0.1) is 0 Å². The van der Waals surface area contributed by atoms with Crippen LogP contribution >= 0.6 is 34.8 Å². The molecule has 0 heterocycles. The molecule has 0 radical (unpaired) electrons. The number of methoxy groups -OCH3 is 1. The molecule has 1 unspecified atom stereocenters. The van der Waals surface area contributed by atoms with Crippen molar-refractivity contribution in [1.29, 1.82) is 0 Å². The van der Waals surface area contributed by atoms with E-state index < -0.39 is 11.9 Å². The molecule has 0 amide bonds. The lowest BCUT2D eigenvalue weighted by Crippen LogP contribution is -2.18. The molecular weight excluding hydrogens is 359 g/mol. The van der Waals surface area contributed by atoms with Crippen LogP contribution < -0.4 is 0 Å². The molecule has 1 atom stereocenters. The van der Waals surface area contributed by atoms with Crippen LogP contribution in [-0.2, 0) is 9.53 Å². The summed E-state index contributed by atoms with van der Waals surface area (Å²) in [6, 6.07) is 11.2. The van der Waals surface area contributed by atoms with Gasteiger partial charge in [0.1, 0.15) is 0 Å². The Morgan fingerprint density at radius 2 is 1.61 bits per heavy atom. The third-order valence-electron chi connectivity index (χ3n) is 3.38. The highest BCUT2D eigenvalue weighted by molar-refractivity contribution is 6.35. The largest absolute Gasteiger partial charge is 0.469 e. The highest BCUT2D eigenvalue weighted by atomic mass is 35.5. The van der Waals surface area contributed by atoms with Gasteiger partial charge in [-0.3, -0.25) is 9.59 Å². The number of esters is 1. The third-order valence-corrected chi connectivity index (χ3v) is 4.19. The van der Waals surface area contributed by atoms with Crippen LogP contribution in [0, 0.1) is 0 Å². The molecule has 23 heavy (non-hydrogen) atoms. The van der Waals surface area contributed by atoms with E-state index in [-0.39, 0.29) is 12.2 Å². The quantitative estimate of drug-likeness (QED) is 0.537. The molecule has 6 heteroatoms. The molecule has 0 saturated heterocycles. The van der Waals surface area contributed by atoms with Crippen LogP contribution in [0.4, 0.5) is 0 Å². The maximum absolute atomic E-state index is 12.4. The van der Waals surface area contributed by atoms with Crippen LogP contribution in [0.5, 0.6) is 0 Å². The highest BCUT2D eigenvalue weighted by Crippen LogP contribution is 2.31. The molecule has 0 N–H and O–H groups in total. The lowest BCUT2D eigenvalue weighted by atomic mass is 9.91. The van der Waals surface area contributed by atoms with Crippen LogP contribution in [0.3, 0.4) is 0 Å². The summed E-state index contributed by atoms with van der Waals surface area (Å²) in [6.07, 6.45) is -0.0599. The van der Waals surface area contributed by atoms with E-state index in [4.69, 9.17) is 39.5 Å². The van der Waals surface area contributed by atoms with Crippen molar-refractivity contribution >= 4 is 46.6 Å². The lowest BCUT2D eigenvalue weighted by molar-refractivity contribution is -0.142. The predicted octanol–water partition coefficient (Wildman–Crippen LogP) is 5.18. The van der Waals surface area contributed by atoms with Crippen molar-refractivity contribution in [2.75, 3.05) is 7.11 Å². The minimum absolute atomic E-state index is 0.0599. The monoisotopic (exact) mass is 370 g/mol. The smallest absolute Gasteiger partial charge is 0.313 e. The van der Waals surface area contributed by atoms with E-state index in [0.29, 0.717) is 26.2 Å². The summed E-state index contributed by atoms with van der Waals surface area (Å²) in [4.78, 5) is 24.5. The Hall–Kier alpha value is -1.55. The molecular formula is C17H13Cl3O3. The van der Waals surface area contributed by atoms with Gasteiger partial charge in [0, 0.05) is 27.1 Å². The average Bonchev–Trinajstić information content (AvgIpc) is 2.53. The number of Topliss-reactive ketones (excluding diaryl/α,β-unsaturated/α-hetero) is 1. The van der Waals surface area contributed by atoms with Crippen molar-refractivity contribution in [2.24, 2.45) is 0 Å². The molecule has 2 aromatic carbocycles. The van der Waals surface area contributed by atoms with Gasteiger partial charge in [-0.1, -0.05) is 40.9 Å². The Morgan fingerprint density at radius 3 is 2.17 bits per heavy atom. The van der Waals surface area contributed by atoms with Gasteiger partial charge in [0.15, 0.2) is 5.78 Å². The van der Waals surface area contributed by atoms with Crippen LogP contribution in [0.25, 0.3) is 0 Å². The Labute approximate surface area is 149 Å². The third kappa shape index (κ3) is 4.47. The molecule has 0 saturated carbocycles. The minimum atomic E-state index is -0.798. The second-order valence-corrected chi connectivity index (χ2v) is 6.16. The predicted molar refractivity (Wildman–Crippen MR) is 91.6 cm³/mol. The molecule has 120 valence electrons. The second kappa shape index (κ2) is 7.82. The first-order chi connectivity index (χ1) is 10.9. The molecule has 0 aliphatic rings. The van der Waals surface area contributed by atoms with Crippen molar-refractivity contribution < 1.29 is 14.3 Å². The van der Waals surface area contributed by atoms with Crippen molar-refractivity contribution in [3.63, 3.8) is 0 Å². The minimum Gasteiger partial charge on any atom is -0.469 e. The molecule has 2 aromatic rings. The lowest BCUT2D eigenvalue weighted by Gasteiger charge is -2.16. The summed E-state index contributed by atoms with van der Waals surface area (Å²) in [5.74, 6) is -1.53. The highest BCUT2D eigenvalue weighted by Gasteiger charge is 2.27. The van der Waals surface area contributed by atoms with Crippen molar-refractivity contribution in [3.8, 4) is 0 Å². The summed E-state index contributed by atoms with van der Waals surface area (Å²) in [6.45, 7) is 0. The summed E-state index contributed by atoms with van der Waals surface area (Å²) in [7, 11) is 1.27. The second-order valence-electron chi connectivity index (χ2n) is 4.88. The van der Waals surface area contributed by atoms with Crippen LogP contribution in [0.2, 0.25) is 15.1 Å². The number of carbonyl (C=O) groups excluding carboxylic acids is 2. The Bertz CT molecular complexity index is 726. The number of hydrogen-bond acceptors (Lipinski definition) is 3. The van der Waals surface area contributed by atoms with Gasteiger partial charge in [0.25, 0.3) is 0 Å². The summed E-state index contributed by atoms with van der Waals surface area (Å²) >= 11 is 17.8. The van der Waals surface area contributed by atoms with E-state index in [1.807, 2.05) is 0 Å². The van der Waals surface area contributed by atoms with Crippen LogP contribution in [0.1, 0.15) is 28.3 Å². The topological polar surface area (TPSA) is 43.4 Å². The molecule has 2 rings (SSSR count). The number of benzene rings is 2. The summed E-state index contributed by atoms with van der Waals surface area (Å²) < 4.78 is 4.80. The van der Waals surface area contributed by atoms with Gasteiger partial charge < -0.3 is 4.74 Å². The molecule has 0 bridgehead atoms. The first-order valence-electron chi connectivity index (χ1n) is 6.74. The average molecular weight is 372 g/mol. The molecule has 3 nitrogen and oxygen atoms in total. The van der Waals surface area contributed by atoms with Crippen molar-refractivity contribution in [1.82, 2.24) is 0 Å². The molecule has 0 aliphatic heterocycles. The van der Waals surface area contributed by atoms with E-state index in [2.05, 4.69) is 0 Å². The first-order valence-corrected chi connectivity index (χ1v) is 7.87. The molecule has 0 aromatic heterocycles. The standard InChI is InChI=1S/C17H13Cl3O3/c1-23-17(22)14(13-7-6-12(19)8-15(13)20)9-16(21)10-2-4-11(18)5-3-10/h2-8,14H,9H2,1H3. The maximum Gasteiger partial charge on any atom is 0.313 e. The van der Waals surface area contributed by atoms with Gasteiger partial charge in [-0.05, 0) is 42.0 Å². The van der Waals surface area contributed by atoms with E-state index in [1.54, 1.807) is 36.4 Å². The van der Waals surface area contributed by atoms with E-state index in [9.17, 15) is 9.59 Å². The number of ketones is 1. The SMILES string of the molecule is COC(=O)C(CC(=O)c1ccc(Cl)cc1)c1ccc(Cl)cc1Cl. The zero-order valence-electron chi connectivity index (χ0n) is 12.2. The number of ether oxygens (including phenoxy) is 1. The number of rotatable bonds is 5. The fourth-order valence-electron chi connectivity index (χ4n) is 2.19. The number of carbonyl (C=O) groups is 2. The number of hydrogen-bond donors (Lipinski definition) is 0.